The summed E-state index contributed by atoms with van der Waals surface area (Å²) in [6, 6.07) is -0.552. The molecular weight excluding hydrogens is 228 g/mol. The number of likely N-dealkylation sites (tertiary alicyclic amines) is 1. The highest BCUT2D eigenvalue weighted by atomic mass is 32.2. The van der Waals surface area contributed by atoms with Crippen LogP contribution in [0, 0.1) is 0 Å². The summed E-state index contributed by atoms with van der Waals surface area (Å²) in [6.45, 7) is 3.60. The third-order valence-electron chi connectivity index (χ3n) is 2.52. The molecule has 90 valence electrons. The summed E-state index contributed by atoms with van der Waals surface area (Å²) >= 11 is 1.29. The van der Waals surface area contributed by atoms with Crippen LogP contribution in [-0.4, -0.2) is 46.1 Å². The summed E-state index contributed by atoms with van der Waals surface area (Å²) in [7, 11) is 0. The first-order valence-electron chi connectivity index (χ1n) is 5.19. The zero-order valence-electron chi connectivity index (χ0n) is 9.43. The number of carbonyl (C=O) groups is 3. The van der Waals surface area contributed by atoms with Gasteiger partial charge >= 0.3 is 0 Å². The fraction of sp³-hybridized carbons (Fsp3) is 0.700. The molecule has 0 aromatic carbocycles. The van der Waals surface area contributed by atoms with E-state index >= 15 is 0 Å². The Labute approximate surface area is 98.7 Å². The van der Waals surface area contributed by atoms with Crippen molar-refractivity contribution < 1.29 is 14.4 Å². The third kappa shape index (κ3) is 2.82. The lowest BCUT2D eigenvalue weighted by atomic mass is 10.3. The Balaban J connectivity index is 2.48. The highest BCUT2D eigenvalue weighted by Crippen LogP contribution is 2.25. The quantitative estimate of drug-likeness (QED) is 0.676. The van der Waals surface area contributed by atoms with Crippen LogP contribution >= 0.6 is 11.8 Å². The SMILES string of the molecule is CCN1C(=O)CC(SC[C@H](N)C(C)=O)C1=O. The molecule has 2 atom stereocenters. The van der Waals surface area contributed by atoms with E-state index in [1.807, 2.05) is 0 Å². The van der Waals surface area contributed by atoms with Crippen molar-refractivity contribution in [2.24, 2.45) is 5.73 Å². The second-order valence-electron chi connectivity index (χ2n) is 3.72. The lowest BCUT2D eigenvalue weighted by Crippen LogP contribution is -2.34. The Hall–Kier alpha value is -0.880. The van der Waals surface area contributed by atoms with Crippen LogP contribution in [-0.2, 0) is 14.4 Å². The minimum atomic E-state index is -0.552. The van der Waals surface area contributed by atoms with Crippen molar-refractivity contribution in [1.82, 2.24) is 4.90 Å². The predicted octanol–water partition coefficient (Wildman–Crippen LogP) is -0.217. The Morgan fingerprint density at radius 1 is 1.62 bits per heavy atom. The number of carbonyl (C=O) groups excluding carboxylic acids is 3. The van der Waals surface area contributed by atoms with Crippen LogP contribution < -0.4 is 5.73 Å². The first-order valence-corrected chi connectivity index (χ1v) is 6.24. The fourth-order valence-electron chi connectivity index (χ4n) is 1.45. The van der Waals surface area contributed by atoms with E-state index in [0.29, 0.717) is 12.3 Å². The van der Waals surface area contributed by atoms with Crippen molar-refractivity contribution >= 4 is 29.4 Å². The maximum absolute atomic E-state index is 11.7. The number of ketones is 1. The number of thioether (sulfide) groups is 1. The number of rotatable bonds is 5. The van der Waals surface area contributed by atoms with Crippen LogP contribution in [0.2, 0.25) is 0 Å². The number of nitrogens with zero attached hydrogens (tertiary/aromatic N) is 1. The van der Waals surface area contributed by atoms with Gasteiger partial charge in [-0.1, -0.05) is 0 Å². The first kappa shape index (κ1) is 13.2. The number of nitrogens with two attached hydrogens (primary N) is 1. The standard InChI is InChI=1S/C10H16N2O3S/c1-3-12-9(14)4-8(10(12)15)16-5-7(11)6(2)13/h7-8H,3-5,11H2,1-2H3/t7-,8?/m0/s1. The topological polar surface area (TPSA) is 80.5 Å². The number of Topliss-reactive ketones (excluding diaryl/α,β-unsaturated/α-hetero) is 1. The number of hydrogen-bond donors (Lipinski definition) is 1. The molecule has 0 radical (unpaired) electrons. The second-order valence-corrected chi connectivity index (χ2v) is 4.96. The molecule has 1 fully saturated rings. The molecule has 16 heavy (non-hydrogen) atoms. The molecule has 1 saturated heterocycles. The van der Waals surface area contributed by atoms with E-state index in [0.717, 1.165) is 0 Å². The zero-order valence-corrected chi connectivity index (χ0v) is 10.3. The van der Waals surface area contributed by atoms with Gasteiger partial charge in [-0.15, -0.1) is 11.8 Å². The van der Waals surface area contributed by atoms with Gasteiger partial charge in [0, 0.05) is 18.7 Å². The van der Waals surface area contributed by atoms with Crippen molar-refractivity contribution in [2.45, 2.75) is 31.6 Å². The zero-order chi connectivity index (χ0) is 12.3. The molecule has 0 spiro atoms. The molecule has 0 bridgehead atoms. The summed E-state index contributed by atoms with van der Waals surface area (Å²) < 4.78 is 0. The molecule has 5 nitrogen and oxygen atoms in total. The molecule has 2 N–H and O–H groups in total. The molecule has 0 aromatic rings. The van der Waals surface area contributed by atoms with E-state index in [1.165, 1.54) is 23.6 Å². The van der Waals surface area contributed by atoms with Gasteiger partial charge in [0.1, 0.15) is 5.78 Å². The minimum absolute atomic E-state index is 0.100. The molecule has 1 heterocycles. The Morgan fingerprint density at radius 3 is 2.69 bits per heavy atom. The summed E-state index contributed by atoms with van der Waals surface area (Å²) in [5.74, 6) is -0.0115. The summed E-state index contributed by atoms with van der Waals surface area (Å²) in [5, 5.41) is -0.363. The smallest absolute Gasteiger partial charge is 0.242 e. The molecule has 1 rings (SSSR count). The normalized spacial score (nSPS) is 22.7. The van der Waals surface area contributed by atoms with Gasteiger partial charge in [0.05, 0.1) is 11.3 Å². The molecule has 0 saturated carbocycles. The van der Waals surface area contributed by atoms with Gasteiger partial charge in [0.25, 0.3) is 0 Å². The van der Waals surface area contributed by atoms with Crippen LogP contribution in [0.4, 0.5) is 0 Å². The third-order valence-corrected chi connectivity index (χ3v) is 3.84. The highest BCUT2D eigenvalue weighted by molar-refractivity contribution is 8.00. The maximum Gasteiger partial charge on any atom is 0.242 e. The maximum atomic E-state index is 11.7. The average molecular weight is 244 g/mol. The van der Waals surface area contributed by atoms with E-state index in [9.17, 15) is 14.4 Å². The Bertz CT molecular complexity index is 319. The Kier molecular flexibility index (Phi) is 4.49. The van der Waals surface area contributed by atoms with Crippen LogP contribution in [0.25, 0.3) is 0 Å². The van der Waals surface area contributed by atoms with Crippen LogP contribution in [0.5, 0.6) is 0 Å². The van der Waals surface area contributed by atoms with Crippen molar-refractivity contribution in [2.75, 3.05) is 12.3 Å². The van der Waals surface area contributed by atoms with Gasteiger partial charge in [-0.2, -0.15) is 0 Å². The minimum Gasteiger partial charge on any atom is -0.321 e. The molecule has 1 unspecified atom stereocenters. The van der Waals surface area contributed by atoms with E-state index in [1.54, 1.807) is 6.92 Å². The molecule has 6 heteroatoms. The van der Waals surface area contributed by atoms with Crippen LogP contribution in [0.3, 0.4) is 0 Å². The largest absolute Gasteiger partial charge is 0.321 e. The second kappa shape index (κ2) is 5.45. The van der Waals surface area contributed by atoms with Crippen molar-refractivity contribution in [3.63, 3.8) is 0 Å². The Morgan fingerprint density at radius 2 is 2.25 bits per heavy atom. The first-order chi connectivity index (χ1) is 7.47. The van der Waals surface area contributed by atoms with Crippen molar-refractivity contribution in [3.05, 3.63) is 0 Å². The van der Waals surface area contributed by atoms with E-state index < -0.39 is 6.04 Å². The molecule has 2 amide bonds. The van der Waals surface area contributed by atoms with Gasteiger partial charge in [-0.25, -0.2) is 0 Å². The predicted molar refractivity (Wildman–Crippen MR) is 61.9 cm³/mol. The molecule has 0 aliphatic carbocycles. The molecule has 1 aliphatic rings. The van der Waals surface area contributed by atoms with Gasteiger partial charge in [0.15, 0.2) is 0 Å². The highest BCUT2D eigenvalue weighted by Gasteiger charge is 2.37. The van der Waals surface area contributed by atoms with Crippen LogP contribution in [0.1, 0.15) is 20.3 Å². The van der Waals surface area contributed by atoms with Gasteiger partial charge < -0.3 is 5.73 Å². The van der Waals surface area contributed by atoms with Crippen LogP contribution in [0.15, 0.2) is 0 Å². The van der Waals surface area contributed by atoms with Crippen molar-refractivity contribution in [1.29, 1.82) is 0 Å². The van der Waals surface area contributed by atoms with Gasteiger partial charge in [-0.05, 0) is 13.8 Å². The summed E-state index contributed by atoms with van der Waals surface area (Å²) in [4.78, 5) is 35.2. The number of hydrogen-bond acceptors (Lipinski definition) is 5. The van der Waals surface area contributed by atoms with E-state index in [2.05, 4.69) is 0 Å². The average Bonchev–Trinajstić information content (AvgIpc) is 2.50. The molecule has 0 aromatic heterocycles. The summed E-state index contributed by atoms with van der Waals surface area (Å²) in [6.07, 6.45) is 0.224. The summed E-state index contributed by atoms with van der Waals surface area (Å²) in [5.41, 5.74) is 5.56. The lowest BCUT2D eigenvalue weighted by molar-refractivity contribution is -0.137. The lowest BCUT2D eigenvalue weighted by Gasteiger charge is -2.13. The van der Waals surface area contributed by atoms with Crippen molar-refractivity contribution in [3.8, 4) is 0 Å². The number of amides is 2. The monoisotopic (exact) mass is 244 g/mol. The number of imide groups is 1. The fourth-order valence-corrected chi connectivity index (χ4v) is 2.66. The van der Waals surface area contributed by atoms with E-state index in [-0.39, 0.29) is 29.3 Å². The van der Waals surface area contributed by atoms with Gasteiger partial charge in [0.2, 0.25) is 11.8 Å². The van der Waals surface area contributed by atoms with Gasteiger partial charge in [-0.3, -0.25) is 19.3 Å². The van der Waals surface area contributed by atoms with E-state index in [4.69, 9.17) is 5.73 Å². The molecular formula is C10H16N2O3S. The molecule has 1 aliphatic heterocycles.